The molecule has 3 aliphatic carbocycles. The summed E-state index contributed by atoms with van der Waals surface area (Å²) in [4.78, 5) is 27.1. The molecular weight excluding hydrogens is 529 g/mol. The zero-order valence-electron chi connectivity index (χ0n) is 26.8. The number of carbonyl (C=O) groups is 2. The number of amides is 2. The summed E-state index contributed by atoms with van der Waals surface area (Å²) in [6, 6.07) is 6.80. The van der Waals surface area contributed by atoms with Gasteiger partial charge in [0.2, 0.25) is 5.91 Å². The highest BCUT2D eigenvalue weighted by Crippen LogP contribution is 2.65. The molecule has 0 aromatic heterocycles. The highest BCUT2D eigenvalue weighted by atomic mass is 16.7. The van der Waals surface area contributed by atoms with Crippen LogP contribution >= 0.6 is 0 Å². The van der Waals surface area contributed by atoms with Gasteiger partial charge in [0.05, 0.1) is 17.6 Å². The molecule has 1 heterocycles. The van der Waals surface area contributed by atoms with Gasteiger partial charge in [0.1, 0.15) is 6.04 Å². The average Bonchev–Trinajstić information content (AvgIpc) is 3.30. The van der Waals surface area contributed by atoms with Gasteiger partial charge >= 0.3 is 7.12 Å². The molecule has 0 radical (unpaired) electrons. The van der Waals surface area contributed by atoms with Gasteiger partial charge in [-0.3, -0.25) is 15.0 Å². The van der Waals surface area contributed by atoms with Crippen LogP contribution in [0.4, 0.5) is 0 Å². The van der Waals surface area contributed by atoms with E-state index < -0.39 is 13.2 Å². The van der Waals surface area contributed by atoms with Gasteiger partial charge in [-0.1, -0.05) is 53.7 Å². The topological polar surface area (TPSA) is 125 Å². The molecule has 0 unspecified atom stereocenters. The lowest BCUT2D eigenvalue weighted by atomic mass is 9.43. The maximum absolute atomic E-state index is 13.8. The van der Waals surface area contributed by atoms with E-state index in [1.807, 2.05) is 24.3 Å². The van der Waals surface area contributed by atoms with Crippen LogP contribution < -0.4 is 21.3 Å². The smallest absolute Gasteiger partial charge is 0.404 e. The van der Waals surface area contributed by atoms with E-state index in [1.54, 1.807) is 7.05 Å². The lowest BCUT2D eigenvalue weighted by molar-refractivity contribution is -0.199. The number of benzene rings is 1. The summed E-state index contributed by atoms with van der Waals surface area (Å²) in [6.45, 7) is 15.9. The number of hydrogen-bond donors (Lipinski definition) is 5. The minimum Gasteiger partial charge on any atom is -0.404 e. The van der Waals surface area contributed by atoms with E-state index in [0.29, 0.717) is 55.0 Å². The first-order chi connectivity index (χ1) is 19.8. The van der Waals surface area contributed by atoms with Crippen molar-refractivity contribution in [3.8, 4) is 0 Å². The first-order valence-corrected chi connectivity index (χ1v) is 15.8. The minimum atomic E-state index is -0.742. The Morgan fingerprint density at radius 2 is 1.76 bits per heavy atom. The van der Waals surface area contributed by atoms with Crippen molar-refractivity contribution in [3.63, 3.8) is 0 Å². The summed E-state index contributed by atoms with van der Waals surface area (Å²) in [6.07, 6.45) is 3.91. The van der Waals surface area contributed by atoms with Gasteiger partial charge in [0, 0.05) is 19.2 Å². The maximum Gasteiger partial charge on any atom is 0.481 e. The summed E-state index contributed by atoms with van der Waals surface area (Å²) in [5, 5.41) is 19.7. The van der Waals surface area contributed by atoms with Crippen molar-refractivity contribution >= 4 is 24.9 Å². The molecule has 10 heteroatoms. The molecule has 4 fully saturated rings. The highest BCUT2D eigenvalue weighted by Gasteiger charge is 2.68. The number of nitrogens with one attached hydrogen (secondary N) is 5. The van der Waals surface area contributed by atoms with E-state index in [-0.39, 0.29) is 40.8 Å². The van der Waals surface area contributed by atoms with Crippen LogP contribution in [0.15, 0.2) is 24.3 Å². The Hall–Kier alpha value is -2.59. The van der Waals surface area contributed by atoms with Gasteiger partial charge in [-0.2, -0.15) is 0 Å². The van der Waals surface area contributed by atoms with Gasteiger partial charge < -0.3 is 30.6 Å². The second-order valence-electron chi connectivity index (χ2n) is 14.1. The van der Waals surface area contributed by atoms with Crippen LogP contribution in [0.3, 0.4) is 0 Å². The quantitative estimate of drug-likeness (QED) is 0.109. The van der Waals surface area contributed by atoms with E-state index in [1.165, 1.54) is 6.42 Å². The van der Waals surface area contributed by atoms with Crippen LogP contribution in [-0.2, 0) is 14.1 Å². The molecule has 232 valence electrons. The second-order valence-corrected chi connectivity index (χ2v) is 14.1. The molecule has 1 aromatic rings. The van der Waals surface area contributed by atoms with E-state index in [9.17, 15) is 9.59 Å². The molecule has 5 rings (SSSR count). The number of rotatable bonds is 12. The largest absolute Gasteiger partial charge is 0.481 e. The molecule has 1 aliphatic heterocycles. The summed E-state index contributed by atoms with van der Waals surface area (Å²) in [7, 11) is 1.15. The summed E-state index contributed by atoms with van der Waals surface area (Å²) in [5.74, 6) is 1.12. The van der Waals surface area contributed by atoms with Gasteiger partial charge in [-0.15, -0.1) is 0 Å². The van der Waals surface area contributed by atoms with Crippen molar-refractivity contribution in [3.05, 3.63) is 35.4 Å². The SMILES string of the molecule is CNC(=N)NCCC[C@H](NC(=O)c1ccc(C(C)C)cc1)C(=O)N[C@@H](CC(C)C)B1O[C@@H]2C[C@@H]3C[C@@H](C3(C)C)[C@]2(C)O1. The van der Waals surface area contributed by atoms with Crippen LogP contribution in [0.2, 0.25) is 0 Å². The number of guanidine groups is 1. The molecule has 1 saturated heterocycles. The van der Waals surface area contributed by atoms with Gasteiger partial charge in [-0.25, -0.2) is 0 Å². The Morgan fingerprint density at radius 1 is 1.07 bits per heavy atom. The average molecular weight is 582 g/mol. The zero-order valence-corrected chi connectivity index (χ0v) is 26.8. The van der Waals surface area contributed by atoms with E-state index in [0.717, 1.165) is 12.0 Å². The third-order valence-corrected chi connectivity index (χ3v) is 10.0. The van der Waals surface area contributed by atoms with Gasteiger partial charge in [0.15, 0.2) is 5.96 Å². The number of hydrogen-bond acceptors (Lipinski definition) is 5. The molecule has 42 heavy (non-hydrogen) atoms. The Bertz CT molecular complexity index is 1130. The van der Waals surface area contributed by atoms with Crippen LogP contribution in [0, 0.1) is 28.6 Å². The first-order valence-electron chi connectivity index (χ1n) is 15.8. The molecule has 6 atom stereocenters. The third kappa shape index (κ3) is 6.80. The van der Waals surface area contributed by atoms with Crippen molar-refractivity contribution in [2.24, 2.45) is 23.2 Å². The zero-order chi connectivity index (χ0) is 30.8. The fraction of sp³-hybridized carbons (Fsp3) is 0.719. The van der Waals surface area contributed by atoms with Crippen LogP contribution in [0.5, 0.6) is 0 Å². The van der Waals surface area contributed by atoms with Gasteiger partial charge in [0.25, 0.3) is 5.91 Å². The predicted molar refractivity (Wildman–Crippen MR) is 167 cm³/mol. The molecule has 2 amide bonds. The highest BCUT2D eigenvalue weighted by molar-refractivity contribution is 6.48. The van der Waals surface area contributed by atoms with E-state index >= 15 is 0 Å². The van der Waals surface area contributed by atoms with Crippen LogP contribution in [0.25, 0.3) is 0 Å². The molecule has 1 aromatic carbocycles. The second kappa shape index (κ2) is 13.0. The standard InChI is InChI=1S/C32H52BN5O4/c1-19(2)16-27(33-41-26-18-23-17-25(31(23,5)6)32(26,7)42-33)38-29(40)24(10-9-15-36-30(34)35-8)37-28(39)22-13-11-21(12-14-22)20(3)4/h11-14,19-20,23-27H,9-10,15-18H2,1-8H3,(H,37,39)(H,38,40)(H3,34,35,36)/t23-,24-,25-,26+,27-,32-/m0/s1. The van der Waals surface area contributed by atoms with Crippen molar-refractivity contribution in [2.75, 3.05) is 13.6 Å². The molecule has 2 bridgehead atoms. The maximum atomic E-state index is 13.8. The Kier molecular flexibility index (Phi) is 9.98. The van der Waals surface area contributed by atoms with Crippen molar-refractivity contribution in [1.29, 1.82) is 5.41 Å². The Morgan fingerprint density at radius 3 is 2.36 bits per heavy atom. The molecule has 9 nitrogen and oxygen atoms in total. The molecule has 0 spiro atoms. The van der Waals surface area contributed by atoms with Crippen LogP contribution in [-0.4, -0.2) is 62.2 Å². The summed E-state index contributed by atoms with van der Waals surface area (Å²) in [5.41, 5.74) is 1.55. The Balaban J connectivity index is 1.47. The van der Waals surface area contributed by atoms with Crippen molar-refractivity contribution in [1.82, 2.24) is 21.3 Å². The lowest BCUT2D eigenvalue weighted by Crippen LogP contribution is -2.65. The molecule has 3 saturated carbocycles. The minimum absolute atomic E-state index is 0.0312. The lowest BCUT2D eigenvalue weighted by Gasteiger charge is -2.64. The monoisotopic (exact) mass is 581 g/mol. The van der Waals surface area contributed by atoms with Crippen LogP contribution in [0.1, 0.15) is 102 Å². The summed E-state index contributed by atoms with van der Waals surface area (Å²) < 4.78 is 13.3. The van der Waals surface area contributed by atoms with Crippen molar-refractivity contribution in [2.45, 2.75) is 110 Å². The van der Waals surface area contributed by atoms with Crippen molar-refractivity contribution < 1.29 is 18.9 Å². The molecular formula is C32H52BN5O4. The summed E-state index contributed by atoms with van der Waals surface area (Å²) >= 11 is 0. The molecule has 4 aliphatic rings. The fourth-order valence-electron chi connectivity index (χ4n) is 7.24. The molecule has 5 N–H and O–H groups in total. The Labute approximate surface area is 252 Å². The number of carbonyl (C=O) groups excluding carboxylic acids is 2. The first kappa shape index (κ1) is 32.3. The normalized spacial score (nSPS) is 27.1. The van der Waals surface area contributed by atoms with E-state index in [2.05, 4.69) is 69.7 Å². The van der Waals surface area contributed by atoms with E-state index in [4.69, 9.17) is 14.7 Å². The predicted octanol–water partition coefficient (Wildman–Crippen LogP) is 4.23. The fourth-order valence-corrected chi connectivity index (χ4v) is 7.24. The van der Waals surface area contributed by atoms with Gasteiger partial charge in [-0.05, 0) is 85.8 Å². The third-order valence-electron chi connectivity index (χ3n) is 10.0.